The molecule has 2 rings (SSSR count). The molecule has 7 nitrogen and oxygen atoms in total. The molecular weight excluding hydrogens is 346 g/mol. The van der Waals surface area contributed by atoms with Crippen LogP contribution in [0.3, 0.4) is 0 Å². The van der Waals surface area contributed by atoms with Crippen LogP contribution in [0.5, 0.6) is 5.75 Å². The van der Waals surface area contributed by atoms with Gasteiger partial charge in [-0.15, -0.1) is 0 Å². The average Bonchev–Trinajstić information content (AvgIpc) is 2.57. The summed E-state index contributed by atoms with van der Waals surface area (Å²) in [6.45, 7) is 6.08. The highest BCUT2D eigenvalue weighted by atomic mass is 16.3. The van der Waals surface area contributed by atoms with E-state index < -0.39 is 10.9 Å². The van der Waals surface area contributed by atoms with Gasteiger partial charge in [-0.2, -0.15) is 0 Å². The summed E-state index contributed by atoms with van der Waals surface area (Å²) in [4.78, 5) is 36.4. The van der Waals surface area contributed by atoms with Crippen LogP contribution in [0.25, 0.3) is 0 Å². The van der Waals surface area contributed by atoms with Crippen LogP contribution in [-0.4, -0.2) is 43.5 Å². The Labute approximate surface area is 159 Å². The highest BCUT2D eigenvalue weighted by Crippen LogP contribution is 2.30. The van der Waals surface area contributed by atoms with E-state index in [9.17, 15) is 19.5 Å². The van der Waals surface area contributed by atoms with Gasteiger partial charge in [0.15, 0.2) is 6.29 Å². The van der Waals surface area contributed by atoms with Gasteiger partial charge in [0.2, 0.25) is 0 Å². The Balaban J connectivity index is 0.000000828. The Kier molecular flexibility index (Phi) is 8.18. The maximum Gasteiger partial charge on any atom is 0.253 e. The molecule has 0 saturated carbocycles. The molecule has 0 aliphatic heterocycles. The zero-order valence-electron chi connectivity index (χ0n) is 16.8. The molecule has 0 aromatic heterocycles. The maximum absolute atomic E-state index is 11.8. The highest BCUT2D eigenvalue weighted by Gasteiger charge is 2.23. The molecule has 0 saturated heterocycles. The van der Waals surface area contributed by atoms with Crippen molar-refractivity contribution in [2.45, 2.75) is 33.2 Å². The quantitative estimate of drug-likeness (QED) is 0.389. The number of anilines is 3. The van der Waals surface area contributed by atoms with Gasteiger partial charge < -0.3 is 20.6 Å². The number of phenols is 1. The Hall–Kier alpha value is -2.67. The van der Waals surface area contributed by atoms with E-state index in [0.29, 0.717) is 12.2 Å². The van der Waals surface area contributed by atoms with E-state index >= 15 is 0 Å². The van der Waals surface area contributed by atoms with Crippen LogP contribution < -0.4 is 21.5 Å². The van der Waals surface area contributed by atoms with Crippen molar-refractivity contribution in [2.24, 2.45) is 5.92 Å². The van der Waals surface area contributed by atoms with Crippen molar-refractivity contribution in [2.75, 3.05) is 31.8 Å². The van der Waals surface area contributed by atoms with Gasteiger partial charge >= 0.3 is 0 Å². The molecule has 0 aliphatic rings. The lowest BCUT2D eigenvalue weighted by Gasteiger charge is -2.21. The second kappa shape index (κ2) is 9.87. The van der Waals surface area contributed by atoms with Gasteiger partial charge in [-0.1, -0.05) is 19.9 Å². The first kappa shape index (κ1) is 22.4. The Morgan fingerprint density at radius 2 is 1.63 bits per heavy atom. The van der Waals surface area contributed by atoms with Crippen molar-refractivity contribution in [1.29, 1.82) is 0 Å². The summed E-state index contributed by atoms with van der Waals surface area (Å²) >= 11 is 0. The molecule has 0 fully saturated rings. The molecule has 0 radical (unpaired) electrons. The monoisotopic (exact) mass is 375 g/mol. The van der Waals surface area contributed by atoms with E-state index in [1.54, 1.807) is 6.07 Å². The fourth-order valence-electron chi connectivity index (χ4n) is 2.55. The summed E-state index contributed by atoms with van der Waals surface area (Å²) in [5.74, 6) is 0.199. The standard InChI is InChI=1S/C17H20N2O4.C3H9N/c1-9(2)7-10(3)18-13-14(17(23)16(13)22)19-12-6-4-5-11(8-20)15(12)21;1-4(2)3/h4-6,8-10,18-19,21H,7H2,1-3H3;1-3H3. The molecule has 0 spiro atoms. The molecule has 0 aliphatic carbocycles. The van der Waals surface area contributed by atoms with E-state index in [2.05, 4.69) is 24.5 Å². The first-order valence-electron chi connectivity index (χ1n) is 8.83. The predicted molar refractivity (Wildman–Crippen MR) is 110 cm³/mol. The lowest BCUT2D eigenvalue weighted by Crippen LogP contribution is -2.38. The SMILES string of the molecule is CC(C)CC(C)Nc1c(Nc2cccc(C=O)c2O)c(=O)c1=O.CN(C)C. The second-order valence-corrected chi connectivity index (χ2v) is 7.41. The minimum atomic E-state index is -0.639. The summed E-state index contributed by atoms with van der Waals surface area (Å²) in [5.41, 5.74) is -0.560. The normalized spacial score (nSPS) is 11.9. The van der Waals surface area contributed by atoms with E-state index in [4.69, 9.17) is 0 Å². The first-order chi connectivity index (χ1) is 12.6. The molecule has 2 aromatic rings. The van der Waals surface area contributed by atoms with Gasteiger partial charge in [-0.3, -0.25) is 14.4 Å². The number of phenolic OH excluding ortho intramolecular Hbond substituents is 1. The maximum atomic E-state index is 11.8. The number of carbonyl (C=O) groups excluding carboxylic acids is 1. The topological polar surface area (TPSA) is 98.7 Å². The number of hydrogen-bond donors (Lipinski definition) is 3. The van der Waals surface area contributed by atoms with Crippen LogP contribution in [0.1, 0.15) is 37.6 Å². The van der Waals surface area contributed by atoms with Crippen molar-refractivity contribution >= 4 is 23.3 Å². The van der Waals surface area contributed by atoms with Gasteiger partial charge in [0.1, 0.15) is 17.1 Å². The van der Waals surface area contributed by atoms with Crippen LogP contribution in [0.15, 0.2) is 27.8 Å². The van der Waals surface area contributed by atoms with Crippen molar-refractivity contribution in [3.05, 3.63) is 44.2 Å². The minimum Gasteiger partial charge on any atom is -0.505 e. The number of rotatable bonds is 7. The van der Waals surface area contributed by atoms with Crippen LogP contribution >= 0.6 is 0 Å². The third-order valence-corrected chi connectivity index (χ3v) is 3.58. The molecule has 1 atom stereocenters. The van der Waals surface area contributed by atoms with Crippen LogP contribution in [0.4, 0.5) is 17.1 Å². The molecule has 148 valence electrons. The molecule has 1 unspecified atom stereocenters. The molecule has 3 N–H and O–H groups in total. The molecule has 7 heteroatoms. The molecule has 0 heterocycles. The van der Waals surface area contributed by atoms with Gasteiger partial charge in [0, 0.05) is 6.04 Å². The summed E-state index contributed by atoms with van der Waals surface area (Å²) in [6.07, 6.45) is 1.37. The van der Waals surface area contributed by atoms with Crippen molar-refractivity contribution in [1.82, 2.24) is 4.90 Å². The fourth-order valence-corrected chi connectivity index (χ4v) is 2.55. The molecular formula is C20H29N3O4. The molecule has 0 bridgehead atoms. The van der Waals surface area contributed by atoms with Crippen LogP contribution in [0.2, 0.25) is 0 Å². The van der Waals surface area contributed by atoms with E-state index in [1.807, 2.05) is 33.0 Å². The Bertz CT molecular complexity index is 834. The van der Waals surface area contributed by atoms with Gasteiger partial charge in [0.25, 0.3) is 10.9 Å². The average molecular weight is 375 g/mol. The Morgan fingerprint density at radius 3 is 2.15 bits per heavy atom. The largest absolute Gasteiger partial charge is 0.505 e. The van der Waals surface area contributed by atoms with E-state index in [0.717, 1.165) is 6.42 Å². The van der Waals surface area contributed by atoms with Crippen LogP contribution in [0, 0.1) is 5.92 Å². The number of nitrogens with one attached hydrogen (secondary N) is 2. The minimum absolute atomic E-state index is 0.0359. The van der Waals surface area contributed by atoms with Gasteiger partial charge in [-0.05, 0) is 52.5 Å². The lowest BCUT2D eigenvalue weighted by molar-refractivity contribution is 0.112. The fraction of sp³-hybridized carbons (Fsp3) is 0.450. The number of benzene rings is 1. The zero-order valence-corrected chi connectivity index (χ0v) is 16.8. The van der Waals surface area contributed by atoms with Crippen molar-refractivity contribution in [3.63, 3.8) is 0 Å². The summed E-state index contributed by atoms with van der Waals surface area (Å²) in [6, 6.07) is 4.60. The smallest absolute Gasteiger partial charge is 0.253 e. The first-order valence-corrected chi connectivity index (χ1v) is 8.83. The number of para-hydroxylation sites is 1. The second-order valence-electron chi connectivity index (χ2n) is 7.41. The number of aromatic hydroxyl groups is 1. The molecule has 27 heavy (non-hydrogen) atoms. The van der Waals surface area contributed by atoms with Crippen molar-refractivity contribution in [3.8, 4) is 5.75 Å². The van der Waals surface area contributed by atoms with E-state index in [1.165, 1.54) is 12.1 Å². The van der Waals surface area contributed by atoms with Gasteiger partial charge in [-0.25, -0.2) is 0 Å². The lowest BCUT2D eigenvalue weighted by atomic mass is 10.0. The summed E-state index contributed by atoms with van der Waals surface area (Å²) in [5, 5.41) is 15.8. The number of nitrogens with zero attached hydrogens (tertiary/aromatic N) is 1. The number of aldehydes is 1. The van der Waals surface area contributed by atoms with Gasteiger partial charge in [0.05, 0.1) is 11.3 Å². The van der Waals surface area contributed by atoms with Crippen molar-refractivity contribution < 1.29 is 9.90 Å². The zero-order chi connectivity index (χ0) is 20.7. The third kappa shape index (κ3) is 6.21. The number of hydrogen-bond acceptors (Lipinski definition) is 7. The van der Waals surface area contributed by atoms with Crippen LogP contribution in [-0.2, 0) is 0 Å². The molecule has 0 amide bonds. The highest BCUT2D eigenvalue weighted by molar-refractivity contribution is 5.87. The van der Waals surface area contributed by atoms with E-state index in [-0.39, 0.29) is 34.4 Å². The molecule has 2 aromatic carbocycles. The summed E-state index contributed by atoms with van der Waals surface area (Å²) < 4.78 is 0. The number of carbonyl (C=O) groups is 1. The summed E-state index contributed by atoms with van der Waals surface area (Å²) in [7, 11) is 6.00. The third-order valence-electron chi connectivity index (χ3n) is 3.58. The predicted octanol–water partition coefficient (Wildman–Crippen LogP) is 2.57. The Morgan fingerprint density at radius 1 is 1.07 bits per heavy atom.